The third-order valence-electron chi connectivity index (χ3n) is 14.6. The topological polar surface area (TPSA) is 290 Å². The largest absolute Gasteiger partial charge is 0.469 e. The number of hydrogen-bond donors (Lipinski definition) is 10. The highest BCUT2D eigenvalue weighted by molar-refractivity contribution is 8.14. The number of ether oxygens (including phenoxy) is 4. The number of carbonyl (C=O) groups excluding carboxylic acids is 2. The van der Waals surface area contributed by atoms with Crippen molar-refractivity contribution in [3.05, 3.63) is 68.8 Å². The van der Waals surface area contributed by atoms with Crippen molar-refractivity contribution in [2.24, 2.45) is 0 Å². The van der Waals surface area contributed by atoms with Gasteiger partial charge in [-0.1, -0.05) is 25.6 Å². The Kier molecular flexibility index (Phi) is 19.8. The summed E-state index contributed by atoms with van der Waals surface area (Å²) in [7, 11) is 1.37. The molecule has 2 fully saturated rings. The molecule has 21 heteroatoms. The van der Waals surface area contributed by atoms with E-state index in [2.05, 4.69) is 36.8 Å². The number of carbonyl (C=O) groups is 2. The highest BCUT2D eigenvalue weighted by atomic mass is 32.2. The first-order valence-electron chi connectivity index (χ1n) is 25.0. The van der Waals surface area contributed by atoms with Crippen LogP contribution in [0.2, 0.25) is 0 Å². The fourth-order valence-corrected chi connectivity index (χ4v) is 13.5. The van der Waals surface area contributed by atoms with Crippen molar-refractivity contribution in [3.63, 3.8) is 0 Å². The highest BCUT2D eigenvalue weighted by Gasteiger charge is 2.45. The van der Waals surface area contributed by atoms with Gasteiger partial charge in [0.2, 0.25) is 5.12 Å². The molecule has 7 heterocycles. The molecule has 3 aromatic rings. The van der Waals surface area contributed by atoms with Gasteiger partial charge in [0.05, 0.1) is 48.9 Å². The summed E-state index contributed by atoms with van der Waals surface area (Å²) in [6.07, 6.45) is -8.30. The number of aromatic nitrogens is 4. The number of hydrogen-bond acceptors (Lipinski definition) is 19. The fourth-order valence-electron chi connectivity index (χ4n) is 10.2. The molecule has 1 unspecified atom stereocenters. The number of esters is 1. The Morgan fingerprint density at radius 3 is 1.97 bits per heavy atom. The maximum Gasteiger partial charge on any atom is 0.305 e. The number of aromatic amines is 2. The van der Waals surface area contributed by atoms with Gasteiger partial charge in [0.15, 0.2) is 0 Å². The van der Waals surface area contributed by atoms with E-state index in [0.717, 1.165) is 79.1 Å². The van der Waals surface area contributed by atoms with Crippen molar-refractivity contribution in [2.45, 2.75) is 158 Å². The first-order valence-corrected chi connectivity index (χ1v) is 28.1. The third-order valence-corrected chi connectivity index (χ3v) is 18.1. The number of aliphatic hydroxyl groups excluding tert-OH is 8. The van der Waals surface area contributed by atoms with Crippen LogP contribution in [0.1, 0.15) is 121 Å². The maximum absolute atomic E-state index is 14.5. The summed E-state index contributed by atoms with van der Waals surface area (Å²) in [5.41, 5.74) is 10.5. The molecular weight excluding hydrogens is 1000 g/mol. The lowest BCUT2D eigenvalue weighted by Gasteiger charge is -2.39. The maximum atomic E-state index is 14.5. The lowest BCUT2D eigenvalue weighted by molar-refractivity contribution is -0.205. The van der Waals surface area contributed by atoms with Gasteiger partial charge in [-0.2, -0.15) is 0 Å². The van der Waals surface area contributed by atoms with Crippen molar-refractivity contribution in [1.82, 2.24) is 19.9 Å². The number of methoxy groups -OCH3 is 1. The molecule has 2 saturated heterocycles. The summed E-state index contributed by atoms with van der Waals surface area (Å²) >= 11 is 3.71. The van der Waals surface area contributed by atoms with E-state index in [1.165, 1.54) is 42.4 Å². The van der Waals surface area contributed by atoms with Crippen LogP contribution in [0.25, 0.3) is 33.2 Å². The molecule has 7 rings (SSSR count). The third kappa shape index (κ3) is 12.3. The Labute approximate surface area is 438 Å². The number of rotatable bonds is 19. The van der Waals surface area contributed by atoms with Crippen LogP contribution < -0.4 is 0 Å². The first kappa shape index (κ1) is 57.3. The summed E-state index contributed by atoms with van der Waals surface area (Å²) in [6, 6.07) is 6.10. The molecule has 13 atom stereocenters. The average molecular weight is 1070 g/mol. The Bertz CT molecular complexity index is 2660. The van der Waals surface area contributed by atoms with E-state index in [1.54, 1.807) is 0 Å². The Morgan fingerprint density at radius 2 is 1.37 bits per heavy atom. The van der Waals surface area contributed by atoms with Crippen LogP contribution in [0.4, 0.5) is 0 Å². The van der Waals surface area contributed by atoms with Gasteiger partial charge in [0.25, 0.3) is 0 Å². The molecule has 0 aliphatic carbocycles. The molecule has 0 amide bonds. The molecule has 0 radical (unpaired) electrons. The summed E-state index contributed by atoms with van der Waals surface area (Å²) in [4.78, 5) is 45.1. The van der Waals surface area contributed by atoms with E-state index in [4.69, 9.17) is 28.9 Å². The number of H-pyrrole nitrogens is 2. The molecule has 18 nitrogen and oxygen atoms in total. The first-order chi connectivity index (χ1) is 34.8. The minimum Gasteiger partial charge on any atom is -0.469 e. The van der Waals surface area contributed by atoms with Crippen molar-refractivity contribution in [3.8, 4) is 0 Å². The summed E-state index contributed by atoms with van der Waals surface area (Å²) in [5, 5.41) is 81.0. The van der Waals surface area contributed by atoms with Crippen molar-refractivity contribution in [2.75, 3.05) is 44.2 Å². The summed E-state index contributed by atoms with van der Waals surface area (Å²) < 4.78 is 22.9. The molecule has 73 heavy (non-hydrogen) atoms. The molecule has 0 spiro atoms. The van der Waals surface area contributed by atoms with Crippen molar-refractivity contribution < 1.29 is 69.4 Å². The quantitative estimate of drug-likeness (QED) is 0.0575. The molecule has 4 aliphatic rings. The van der Waals surface area contributed by atoms with Crippen LogP contribution in [-0.2, 0) is 30.2 Å². The number of nitrogens with zero attached hydrogens (tertiary/aromatic N) is 2. The lowest BCUT2D eigenvalue weighted by atomic mass is 9.85. The van der Waals surface area contributed by atoms with Crippen LogP contribution in [0.15, 0.2) is 18.2 Å². The second-order valence-electron chi connectivity index (χ2n) is 19.2. The van der Waals surface area contributed by atoms with Crippen LogP contribution in [0.3, 0.4) is 0 Å². The Hall–Kier alpha value is -3.39. The number of allylic oxidation sites excluding steroid dienone is 1. The Balaban J connectivity index is 1.23. The van der Waals surface area contributed by atoms with Crippen LogP contribution in [-0.4, -0.2) is 182 Å². The van der Waals surface area contributed by atoms with E-state index >= 15 is 0 Å². The van der Waals surface area contributed by atoms with Gasteiger partial charge in [-0.05, 0) is 118 Å². The molecule has 4 aliphatic heterocycles. The minimum absolute atomic E-state index is 0.139. The summed E-state index contributed by atoms with van der Waals surface area (Å²) in [6.45, 7) is 13.5. The number of nitrogens with one attached hydrogen (secondary N) is 2. The molecule has 10 N–H and O–H groups in total. The fraction of sp³-hybridized carbons (Fsp3) is 0.615. The molecular formula is C52H72N4O14S3. The van der Waals surface area contributed by atoms with E-state index in [-0.39, 0.29) is 29.3 Å². The van der Waals surface area contributed by atoms with E-state index in [1.807, 2.05) is 39.8 Å². The van der Waals surface area contributed by atoms with Gasteiger partial charge in [0.1, 0.15) is 59.7 Å². The normalized spacial score (nSPS) is 27.9. The van der Waals surface area contributed by atoms with Gasteiger partial charge >= 0.3 is 5.97 Å². The van der Waals surface area contributed by atoms with E-state index in [9.17, 15) is 50.4 Å². The SMILES string of the molecule is CCc1c(C)c2cc3nc(cc4nc(c(C)c5[nH]c(cc1[nH]2)c(C)c5C(=O)SCCCS[C@@H]1O[C@H](CO)[C@@H](O)[C@H](O)[C@H]1O)[C@@H](CCC(=O)OC)[C@@H]4C)C(C)=C3C(C)OCCCS[C@@H]1O[C@H](CO)[C@@H](O)[C@H](O)[C@H]1O. The zero-order valence-electron chi connectivity index (χ0n) is 42.7. The lowest BCUT2D eigenvalue weighted by Crippen LogP contribution is -2.57. The van der Waals surface area contributed by atoms with Gasteiger partial charge in [0, 0.05) is 64.1 Å². The monoisotopic (exact) mass is 1070 g/mol. The standard InChI is InChI=1S/C52H72N4O14S3/c1-9-29-23(2)31-20-36-40(28(7)68-14-10-15-72-51-48(64)46(62)44(60)37(21-57)69-51)25(4)33(54-36)18-32-24(3)30(12-13-39(59)67-8)42(55-32)27(6)43-41(26(5)34(56-43)19-35(29)53-31)50(66)71-16-11-17-73-52-49(65)47(63)45(61)38(22-58)70-52/h18-20,24,28,30,37-38,44-49,51-53,56-58,60-65H,9-17,21-22H2,1-8H3/t24-,28?,30-,37+,38+,44+,45+,46-,47-,48+,49+,51-,52-/m0/s1. The molecule has 0 aromatic carbocycles. The van der Waals surface area contributed by atoms with Crippen molar-refractivity contribution in [1.29, 1.82) is 0 Å². The predicted molar refractivity (Wildman–Crippen MR) is 283 cm³/mol. The second-order valence-corrected chi connectivity index (χ2v) is 22.7. The minimum atomic E-state index is -1.46. The zero-order chi connectivity index (χ0) is 53.0. The Morgan fingerprint density at radius 1 is 0.753 bits per heavy atom. The van der Waals surface area contributed by atoms with Crippen molar-refractivity contribution >= 4 is 79.6 Å². The molecule has 3 aromatic heterocycles. The molecule has 402 valence electrons. The number of thioether (sulfide) groups is 3. The smallest absolute Gasteiger partial charge is 0.305 e. The van der Waals surface area contributed by atoms with Gasteiger partial charge in [-0.3, -0.25) is 14.6 Å². The van der Waals surface area contributed by atoms with Gasteiger partial charge < -0.3 is 69.8 Å². The number of aliphatic hydroxyl groups is 8. The second kappa shape index (κ2) is 25.2. The average Bonchev–Trinajstić information content (AvgIpc) is 4.07. The molecule has 0 saturated carbocycles. The molecule has 8 bridgehead atoms. The highest BCUT2D eigenvalue weighted by Crippen LogP contribution is 2.44. The van der Waals surface area contributed by atoms with E-state index in [0.29, 0.717) is 54.2 Å². The number of fused-ring (bicyclic) bond motifs is 8. The van der Waals surface area contributed by atoms with E-state index < -0.39 is 79.0 Å². The van der Waals surface area contributed by atoms with Crippen LogP contribution in [0.5, 0.6) is 0 Å². The van der Waals surface area contributed by atoms with Crippen LogP contribution >= 0.6 is 35.3 Å². The van der Waals surface area contributed by atoms with Gasteiger partial charge in [-0.15, -0.1) is 23.5 Å². The van der Waals surface area contributed by atoms with Crippen LogP contribution in [0, 0.1) is 20.8 Å². The predicted octanol–water partition coefficient (Wildman–Crippen LogP) is 4.70. The zero-order valence-corrected chi connectivity index (χ0v) is 45.1. The summed E-state index contributed by atoms with van der Waals surface area (Å²) in [5.74, 6) is 0.739. The van der Waals surface area contributed by atoms with Gasteiger partial charge in [-0.25, -0.2) is 4.98 Å². The number of aryl methyl sites for hydroxylation is 4.